The molecular weight excluding hydrogens is 593 g/mol. The number of thiophene rings is 1. The summed E-state index contributed by atoms with van der Waals surface area (Å²) in [5.74, 6) is 0.875. The smallest absolute Gasteiger partial charge is 0.127 e. The van der Waals surface area contributed by atoms with Crippen molar-refractivity contribution in [2.75, 3.05) is 0 Å². The molecule has 262 valence electrons. The number of hydrogen-bond donors (Lipinski definition) is 2. The van der Waals surface area contributed by atoms with Gasteiger partial charge in [-0.15, -0.1) is 11.3 Å². The summed E-state index contributed by atoms with van der Waals surface area (Å²) in [6, 6.07) is 13.7. The van der Waals surface area contributed by atoms with E-state index in [1.165, 1.54) is 11.1 Å². The van der Waals surface area contributed by atoms with Crippen LogP contribution in [0.4, 0.5) is 0 Å². The maximum Gasteiger partial charge on any atom is 0.127 e. The highest BCUT2D eigenvalue weighted by Crippen LogP contribution is 2.52. The highest BCUT2D eigenvalue weighted by molar-refractivity contribution is 7.18. The fourth-order valence-electron chi connectivity index (χ4n) is 9.06. The Labute approximate surface area is 293 Å². The molecule has 0 bridgehead atoms. The first kappa shape index (κ1) is 39.2. The normalized spacial score (nSPS) is 13.0. The zero-order valence-electron chi connectivity index (χ0n) is 32.3. The first-order valence-corrected chi connectivity index (χ1v) is 20.1. The van der Waals surface area contributed by atoms with Gasteiger partial charge in [-0.3, -0.25) is 0 Å². The van der Waals surface area contributed by atoms with Gasteiger partial charge in [0.2, 0.25) is 0 Å². The van der Waals surface area contributed by atoms with Gasteiger partial charge in [0.25, 0.3) is 0 Å². The van der Waals surface area contributed by atoms with E-state index in [9.17, 15) is 10.2 Å². The molecule has 2 aromatic carbocycles. The third-order valence-electron chi connectivity index (χ3n) is 13.8. The average Bonchev–Trinajstić information content (AvgIpc) is 3.60. The lowest BCUT2D eigenvalue weighted by Gasteiger charge is -2.37. The monoisotopic (exact) mass is 660 g/mol. The molecule has 0 atom stereocenters. The summed E-state index contributed by atoms with van der Waals surface area (Å²) in [5, 5.41) is 24.3. The van der Waals surface area contributed by atoms with E-state index in [2.05, 4.69) is 119 Å². The Morgan fingerprint density at radius 2 is 0.660 bits per heavy atom. The van der Waals surface area contributed by atoms with Crippen LogP contribution in [0.15, 0.2) is 36.4 Å². The van der Waals surface area contributed by atoms with Crippen LogP contribution in [0.5, 0.6) is 11.5 Å². The molecule has 0 aliphatic heterocycles. The van der Waals surface area contributed by atoms with E-state index in [-0.39, 0.29) is 21.7 Å². The highest BCUT2D eigenvalue weighted by Gasteiger charge is 2.37. The molecule has 0 fully saturated rings. The van der Waals surface area contributed by atoms with Gasteiger partial charge in [-0.2, -0.15) is 0 Å². The molecule has 2 N–H and O–H groups in total. The van der Waals surface area contributed by atoms with Crippen molar-refractivity contribution in [2.24, 2.45) is 0 Å². The minimum atomic E-state index is -0.0645. The molecule has 1 aromatic heterocycles. The first-order chi connectivity index (χ1) is 22.4. The van der Waals surface area contributed by atoms with E-state index in [1.54, 1.807) is 11.3 Å². The fourth-order valence-corrected chi connectivity index (χ4v) is 10.1. The van der Waals surface area contributed by atoms with Crippen LogP contribution in [0.25, 0.3) is 20.9 Å². The number of rotatable bonds is 18. The minimum Gasteiger partial charge on any atom is -0.507 e. The first-order valence-electron chi connectivity index (χ1n) is 19.3. The summed E-state index contributed by atoms with van der Waals surface area (Å²) in [6.45, 7) is 27.5. The summed E-state index contributed by atoms with van der Waals surface area (Å²) in [4.78, 5) is 2.14. The summed E-state index contributed by atoms with van der Waals surface area (Å²) in [6.07, 6.45) is 12.4. The Hall–Kier alpha value is -2.26. The SMILES string of the molecule is CCC(CC)(CC)c1cc(-c2ccc(-c3cc(C(CC)(CC)CC)cc(C(CC)(CC)CC)c3O)s2)c(O)c(C(CC)(CC)CC)c1. The van der Waals surface area contributed by atoms with Gasteiger partial charge in [0.05, 0.1) is 0 Å². The van der Waals surface area contributed by atoms with Gasteiger partial charge in [0.1, 0.15) is 11.5 Å². The largest absolute Gasteiger partial charge is 0.507 e. The molecule has 0 saturated carbocycles. The Balaban J connectivity index is 2.42. The summed E-state index contributed by atoms with van der Waals surface area (Å²) in [7, 11) is 0. The van der Waals surface area contributed by atoms with Crippen molar-refractivity contribution in [3.63, 3.8) is 0 Å². The van der Waals surface area contributed by atoms with Crippen LogP contribution in [0.3, 0.4) is 0 Å². The van der Waals surface area contributed by atoms with Gasteiger partial charge < -0.3 is 10.2 Å². The lowest BCUT2D eigenvalue weighted by Crippen LogP contribution is -2.27. The van der Waals surface area contributed by atoms with Crippen molar-refractivity contribution < 1.29 is 10.2 Å². The van der Waals surface area contributed by atoms with E-state index < -0.39 is 0 Å². The number of aromatic hydroxyl groups is 2. The van der Waals surface area contributed by atoms with Crippen LogP contribution in [-0.2, 0) is 21.7 Å². The minimum absolute atomic E-state index is 0.0645. The predicted molar refractivity (Wildman–Crippen MR) is 209 cm³/mol. The van der Waals surface area contributed by atoms with Crippen molar-refractivity contribution in [1.29, 1.82) is 0 Å². The van der Waals surface area contributed by atoms with Gasteiger partial charge >= 0.3 is 0 Å². The van der Waals surface area contributed by atoms with Crippen molar-refractivity contribution in [3.05, 3.63) is 58.7 Å². The van der Waals surface area contributed by atoms with Gasteiger partial charge in [-0.25, -0.2) is 0 Å². The van der Waals surface area contributed by atoms with Crippen LogP contribution in [0, 0.1) is 0 Å². The zero-order valence-corrected chi connectivity index (χ0v) is 33.1. The van der Waals surface area contributed by atoms with Crippen LogP contribution < -0.4 is 0 Å². The predicted octanol–water partition coefficient (Wildman–Crippen LogP) is 14.4. The molecule has 0 aliphatic carbocycles. The highest BCUT2D eigenvalue weighted by atomic mass is 32.1. The molecule has 1 heterocycles. The van der Waals surface area contributed by atoms with E-state index >= 15 is 0 Å². The van der Waals surface area contributed by atoms with E-state index in [0.29, 0.717) is 11.5 Å². The van der Waals surface area contributed by atoms with Crippen LogP contribution in [0.2, 0.25) is 0 Å². The van der Waals surface area contributed by atoms with E-state index in [0.717, 1.165) is 109 Å². The second-order valence-electron chi connectivity index (χ2n) is 14.4. The molecule has 0 amide bonds. The third kappa shape index (κ3) is 6.69. The average molecular weight is 661 g/mol. The van der Waals surface area contributed by atoms with E-state index in [4.69, 9.17) is 0 Å². The quantitative estimate of drug-likeness (QED) is 0.143. The second kappa shape index (κ2) is 16.0. The van der Waals surface area contributed by atoms with Crippen LogP contribution in [-0.4, -0.2) is 10.2 Å². The Bertz CT molecular complexity index is 1300. The third-order valence-corrected chi connectivity index (χ3v) is 15.0. The van der Waals surface area contributed by atoms with Crippen molar-refractivity contribution in [3.8, 4) is 32.4 Å². The zero-order chi connectivity index (χ0) is 35.2. The molecule has 0 aliphatic rings. The van der Waals surface area contributed by atoms with Crippen LogP contribution >= 0.6 is 11.3 Å². The van der Waals surface area contributed by atoms with Gasteiger partial charge in [-0.1, -0.05) is 95.2 Å². The Kier molecular flexibility index (Phi) is 13.3. The molecule has 3 heteroatoms. The lowest BCUT2D eigenvalue weighted by atomic mass is 9.68. The molecule has 3 rings (SSSR count). The number of benzene rings is 2. The molecule has 0 radical (unpaired) electrons. The summed E-state index contributed by atoms with van der Waals surface area (Å²) >= 11 is 1.72. The summed E-state index contributed by atoms with van der Waals surface area (Å²) in [5.41, 5.74) is 6.83. The second-order valence-corrected chi connectivity index (χ2v) is 15.5. The molecule has 0 saturated heterocycles. The molecular formula is C44H68O2S. The topological polar surface area (TPSA) is 40.5 Å². The molecule has 47 heavy (non-hydrogen) atoms. The number of phenolic OH excluding ortho intramolecular Hbond substituents is 2. The maximum atomic E-state index is 12.2. The lowest BCUT2D eigenvalue weighted by molar-refractivity contribution is 0.351. The molecule has 0 spiro atoms. The van der Waals surface area contributed by atoms with Crippen LogP contribution in [0.1, 0.15) is 182 Å². The van der Waals surface area contributed by atoms with Crippen molar-refractivity contribution in [1.82, 2.24) is 0 Å². The van der Waals surface area contributed by atoms with Gasteiger partial charge in [0.15, 0.2) is 0 Å². The Morgan fingerprint density at radius 1 is 0.404 bits per heavy atom. The molecule has 0 unspecified atom stereocenters. The van der Waals surface area contributed by atoms with E-state index in [1.807, 2.05) is 0 Å². The standard InChI is InChI=1S/C44H68O2S/c1-13-41(14-2,15-3)31-27-33(39(45)35(29-31)43(19-7,20-8)21-9)37-25-26-38(47-37)34-28-32(42(16-4,17-5)18-6)30-36(40(34)46)44(22-10,23-11)24-12/h25-30,45-46H,13-24H2,1-12H3. The fraction of sp³-hybridized carbons (Fsp3) is 0.636. The van der Waals surface area contributed by atoms with Gasteiger partial charge in [-0.05, 0) is 134 Å². The number of phenols is 2. The molecule has 3 aromatic rings. The maximum absolute atomic E-state index is 12.2. The van der Waals surface area contributed by atoms with Gasteiger partial charge in [0, 0.05) is 32.0 Å². The number of hydrogen-bond acceptors (Lipinski definition) is 3. The Morgan fingerprint density at radius 3 is 0.894 bits per heavy atom. The van der Waals surface area contributed by atoms with Crippen molar-refractivity contribution >= 4 is 11.3 Å². The summed E-state index contributed by atoms with van der Waals surface area (Å²) < 4.78 is 0. The molecule has 2 nitrogen and oxygen atoms in total. The van der Waals surface area contributed by atoms with Crippen molar-refractivity contribution in [2.45, 2.75) is 182 Å².